The molecular weight excluding hydrogens is 272 g/mol. The zero-order valence-electron chi connectivity index (χ0n) is 13.4. The average Bonchev–Trinajstić information content (AvgIpc) is 3.24. The van der Waals surface area contributed by atoms with Crippen molar-refractivity contribution in [2.45, 2.75) is 49.6 Å². The number of hydrogen-bond acceptors (Lipinski definition) is 3. The predicted octanol–water partition coefficient (Wildman–Crippen LogP) is 2.46. The number of benzene rings is 1. The summed E-state index contributed by atoms with van der Waals surface area (Å²) in [6, 6.07) is 12.3. The van der Waals surface area contributed by atoms with E-state index in [9.17, 15) is 0 Å². The van der Waals surface area contributed by atoms with Gasteiger partial charge in [-0.15, -0.1) is 0 Å². The Balaban J connectivity index is 1.37. The van der Waals surface area contributed by atoms with Crippen LogP contribution in [0.1, 0.15) is 37.7 Å². The number of nitrogens with one attached hydrogen (secondary N) is 2. The van der Waals surface area contributed by atoms with Crippen LogP contribution in [0.3, 0.4) is 0 Å². The van der Waals surface area contributed by atoms with E-state index in [1.807, 2.05) is 0 Å². The van der Waals surface area contributed by atoms with E-state index in [0.29, 0.717) is 17.5 Å². The van der Waals surface area contributed by atoms with Crippen molar-refractivity contribution in [3.63, 3.8) is 0 Å². The van der Waals surface area contributed by atoms with Crippen LogP contribution in [0.2, 0.25) is 0 Å². The van der Waals surface area contributed by atoms with Crippen molar-refractivity contribution in [2.24, 2.45) is 5.92 Å². The molecule has 1 aromatic rings. The van der Waals surface area contributed by atoms with Gasteiger partial charge in [-0.1, -0.05) is 36.8 Å². The van der Waals surface area contributed by atoms with Gasteiger partial charge in [0.1, 0.15) is 0 Å². The molecule has 3 heteroatoms. The van der Waals surface area contributed by atoms with Gasteiger partial charge in [0.2, 0.25) is 0 Å². The Labute approximate surface area is 133 Å². The summed E-state index contributed by atoms with van der Waals surface area (Å²) in [6.45, 7) is 3.93. The Morgan fingerprint density at radius 3 is 2.77 bits per heavy atom. The van der Waals surface area contributed by atoms with E-state index in [2.05, 4.69) is 41.0 Å². The van der Waals surface area contributed by atoms with Crippen LogP contribution < -0.4 is 10.6 Å². The third-order valence-electron chi connectivity index (χ3n) is 5.98. The summed E-state index contributed by atoms with van der Waals surface area (Å²) in [4.78, 5) is 0. The molecule has 3 atom stereocenters. The molecule has 3 aliphatic rings. The Morgan fingerprint density at radius 2 is 2.05 bits per heavy atom. The van der Waals surface area contributed by atoms with Gasteiger partial charge in [-0.25, -0.2) is 0 Å². The van der Waals surface area contributed by atoms with E-state index >= 15 is 0 Å². The maximum absolute atomic E-state index is 5.68. The lowest BCUT2D eigenvalue weighted by molar-refractivity contribution is 0.0524. The highest BCUT2D eigenvalue weighted by Gasteiger charge is 2.45. The van der Waals surface area contributed by atoms with Crippen LogP contribution in [0.4, 0.5) is 0 Å². The first-order chi connectivity index (χ1) is 10.9. The third kappa shape index (κ3) is 2.94. The Kier molecular flexibility index (Phi) is 4.21. The molecule has 2 N–H and O–H groups in total. The van der Waals surface area contributed by atoms with E-state index in [0.717, 1.165) is 32.2 Å². The Bertz CT molecular complexity index is 479. The van der Waals surface area contributed by atoms with E-state index in [1.54, 1.807) is 0 Å². The highest BCUT2D eigenvalue weighted by Crippen LogP contribution is 2.48. The predicted molar refractivity (Wildman–Crippen MR) is 89.1 cm³/mol. The van der Waals surface area contributed by atoms with E-state index in [1.165, 1.54) is 37.7 Å². The Hall–Kier alpha value is -0.900. The van der Waals surface area contributed by atoms with Crippen molar-refractivity contribution < 1.29 is 4.74 Å². The first kappa shape index (κ1) is 14.7. The minimum absolute atomic E-state index is 0.422. The number of rotatable bonds is 5. The van der Waals surface area contributed by atoms with Crippen molar-refractivity contribution in [2.75, 3.05) is 26.3 Å². The van der Waals surface area contributed by atoms with Gasteiger partial charge in [0.05, 0.1) is 13.2 Å². The summed E-state index contributed by atoms with van der Waals surface area (Å²) < 4.78 is 5.68. The molecule has 1 aliphatic heterocycles. The maximum atomic E-state index is 5.68. The fraction of sp³-hybridized carbons (Fsp3) is 0.684. The standard InChI is InChI=1S/C19H28N2O/c1-2-5-15(6-3-1)19(9-10-19)14-21-17-8-4-7-16(17)18-13-22-12-11-20-18/h1-3,5-6,16-18,20-21H,4,7-14H2. The van der Waals surface area contributed by atoms with Gasteiger partial charge in [0.25, 0.3) is 0 Å². The summed E-state index contributed by atoms with van der Waals surface area (Å²) in [5.74, 6) is 0.742. The molecule has 0 bridgehead atoms. The monoisotopic (exact) mass is 300 g/mol. The first-order valence-electron chi connectivity index (χ1n) is 8.97. The number of morpholine rings is 1. The fourth-order valence-corrected chi connectivity index (χ4v) is 4.42. The van der Waals surface area contributed by atoms with Crippen LogP contribution in [-0.2, 0) is 10.2 Å². The van der Waals surface area contributed by atoms with Crippen molar-refractivity contribution in [3.8, 4) is 0 Å². The second-order valence-electron chi connectivity index (χ2n) is 7.36. The number of hydrogen-bond donors (Lipinski definition) is 2. The molecule has 1 heterocycles. The van der Waals surface area contributed by atoms with Crippen LogP contribution in [0, 0.1) is 5.92 Å². The molecule has 0 amide bonds. The molecule has 120 valence electrons. The highest BCUT2D eigenvalue weighted by molar-refractivity contribution is 5.31. The molecule has 2 saturated carbocycles. The third-order valence-corrected chi connectivity index (χ3v) is 5.98. The molecule has 1 aromatic carbocycles. The molecule has 3 nitrogen and oxygen atoms in total. The average molecular weight is 300 g/mol. The van der Waals surface area contributed by atoms with Gasteiger partial charge in [-0.2, -0.15) is 0 Å². The summed E-state index contributed by atoms with van der Waals surface area (Å²) in [5, 5.41) is 7.61. The van der Waals surface area contributed by atoms with Gasteiger partial charge >= 0.3 is 0 Å². The molecule has 0 radical (unpaired) electrons. The largest absolute Gasteiger partial charge is 0.379 e. The zero-order chi connectivity index (χ0) is 14.8. The van der Waals surface area contributed by atoms with Crippen LogP contribution in [-0.4, -0.2) is 38.4 Å². The SMILES string of the molecule is c1ccc(C2(CNC3CCCC3C3COCCN3)CC2)cc1. The van der Waals surface area contributed by atoms with Gasteiger partial charge in [-0.3, -0.25) is 0 Å². The molecule has 1 saturated heterocycles. The Morgan fingerprint density at radius 1 is 1.18 bits per heavy atom. The quantitative estimate of drug-likeness (QED) is 0.876. The van der Waals surface area contributed by atoms with Gasteiger partial charge in [0, 0.05) is 30.6 Å². The van der Waals surface area contributed by atoms with Gasteiger partial charge < -0.3 is 15.4 Å². The second kappa shape index (κ2) is 6.31. The van der Waals surface area contributed by atoms with Gasteiger partial charge in [-0.05, 0) is 37.2 Å². The van der Waals surface area contributed by atoms with Crippen LogP contribution in [0.5, 0.6) is 0 Å². The lowest BCUT2D eigenvalue weighted by atomic mass is 9.92. The van der Waals surface area contributed by atoms with Crippen molar-refractivity contribution in [3.05, 3.63) is 35.9 Å². The van der Waals surface area contributed by atoms with E-state index < -0.39 is 0 Å². The van der Waals surface area contributed by atoms with Gasteiger partial charge in [0.15, 0.2) is 0 Å². The van der Waals surface area contributed by atoms with Crippen molar-refractivity contribution in [1.82, 2.24) is 10.6 Å². The molecule has 0 spiro atoms. The first-order valence-corrected chi connectivity index (χ1v) is 8.97. The van der Waals surface area contributed by atoms with Crippen molar-refractivity contribution in [1.29, 1.82) is 0 Å². The maximum Gasteiger partial charge on any atom is 0.0623 e. The molecular formula is C19H28N2O. The zero-order valence-corrected chi connectivity index (χ0v) is 13.4. The van der Waals surface area contributed by atoms with E-state index in [4.69, 9.17) is 4.74 Å². The summed E-state index contributed by atoms with van der Waals surface area (Å²) in [5.41, 5.74) is 1.95. The highest BCUT2D eigenvalue weighted by atomic mass is 16.5. The molecule has 0 aromatic heterocycles. The molecule has 2 aliphatic carbocycles. The summed E-state index contributed by atoms with van der Waals surface area (Å²) in [6.07, 6.45) is 6.71. The molecule has 22 heavy (non-hydrogen) atoms. The topological polar surface area (TPSA) is 33.3 Å². The molecule has 3 unspecified atom stereocenters. The lowest BCUT2D eigenvalue weighted by Gasteiger charge is -2.33. The molecule has 4 rings (SSSR count). The van der Waals surface area contributed by atoms with E-state index in [-0.39, 0.29) is 0 Å². The fourth-order valence-electron chi connectivity index (χ4n) is 4.42. The molecule has 3 fully saturated rings. The minimum Gasteiger partial charge on any atom is -0.379 e. The summed E-state index contributed by atoms with van der Waals surface area (Å²) in [7, 11) is 0. The van der Waals surface area contributed by atoms with Crippen LogP contribution in [0.15, 0.2) is 30.3 Å². The van der Waals surface area contributed by atoms with Crippen LogP contribution >= 0.6 is 0 Å². The summed E-state index contributed by atoms with van der Waals surface area (Å²) >= 11 is 0. The van der Waals surface area contributed by atoms with Crippen LogP contribution in [0.25, 0.3) is 0 Å². The van der Waals surface area contributed by atoms with Crippen molar-refractivity contribution >= 4 is 0 Å². The minimum atomic E-state index is 0.422. The second-order valence-corrected chi connectivity index (χ2v) is 7.36. The number of ether oxygens (including phenoxy) is 1. The lowest BCUT2D eigenvalue weighted by Crippen LogP contribution is -2.51. The normalized spacial score (nSPS) is 33.7. The smallest absolute Gasteiger partial charge is 0.0623 e.